The molecule has 122 valence electrons. The van der Waals surface area contributed by atoms with E-state index in [0.717, 1.165) is 5.56 Å². The van der Waals surface area contributed by atoms with Crippen molar-refractivity contribution in [3.05, 3.63) is 58.2 Å². The molecule has 0 aromatic heterocycles. The van der Waals surface area contributed by atoms with E-state index in [4.69, 9.17) is 20.5 Å². The molecule has 1 atom stereocenters. The number of hydrogen-bond donors (Lipinski definition) is 1. The van der Waals surface area contributed by atoms with Crippen LogP contribution in [-0.2, 0) is 20.7 Å². The molecule has 1 aromatic carbocycles. The van der Waals surface area contributed by atoms with E-state index in [-0.39, 0.29) is 30.1 Å². The lowest BCUT2D eigenvalue weighted by molar-refractivity contribution is -0.139. The number of nitrogens with zero attached hydrogens (tertiary/aromatic N) is 2. The summed E-state index contributed by atoms with van der Waals surface area (Å²) in [5.41, 5.74) is 7.71. The monoisotopic (exact) mass is 323 g/mol. The van der Waals surface area contributed by atoms with Crippen LogP contribution in [-0.4, -0.2) is 12.6 Å². The second-order valence-corrected chi connectivity index (χ2v) is 5.20. The number of nitrogens with two attached hydrogens (primary N) is 1. The summed E-state index contributed by atoms with van der Waals surface area (Å²) >= 11 is 0. The van der Waals surface area contributed by atoms with Crippen molar-refractivity contribution in [1.29, 1.82) is 10.5 Å². The third-order valence-electron chi connectivity index (χ3n) is 3.67. The second-order valence-electron chi connectivity index (χ2n) is 5.20. The largest absolute Gasteiger partial charge is 0.463 e. The molecule has 6 heteroatoms. The molecule has 0 saturated carbocycles. The van der Waals surface area contributed by atoms with E-state index in [1.54, 1.807) is 32.0 Å². The van der Waals surface area contributed by atoms with Gasteiger partial charge in [-0.3, -0.25) is 0 Å². The van der Waals surface area contributed by atoms with Crippen LogP contribution in [0.4, 0.5) is 0 Å². The fourth-order valence-electron chi connectivity index (χ4n) is 2.66. The van der Waals surface area contributed by atoms with Gasteiger partial charge in [-0.05, 0) is 25.0 Å². The minimum atomic E-state index is -0.679. The number of hydrogen-bond acceptors (Lipinski definition) is 6. The Labute approximate surface area is 140 Å². The Morgan fingerprint density at radius 3 is 2.79 bits per heavy atom. The summed E-state index contributed by atoms with van der Waals surface area (Å²) in [7, 11) is 0. The second kappa shape index (κ2) is 7.34. The summed E-state index contributed by atoms with van der Waals surface area (Å²) in [5, 5.41) is 18.4. The first-order valence-electron chi connectivity index (χ1n) is 7.44. The van der Waals surface area contributed by atoms with Crippen LogP contribution in [0.1, 0.15) is 30.9 Å². The number of carbonyl (C=O) groups is 1. The number of rotatable bonds is 4. The van der Waals surface area contributed by atoms with Crippen LogP contribution >= 0.6 is 0 Å². The van der Waals surface area contributed by atoms with Gasteiger partial charge in [-0.2, -0.15) is 10.5 Å². The van der Waals surface area contributed by atoms with E-state index in [1.165, 1.54) is 0 Å². The van der Waals surface area contributed by atoms with Gasteiger partial charge in [0.25, 0.3) is 0 Å². The summed E-state index contributed by atoms with van der Waals surface area (Å²) in [5.74, 6) is -0.952. The Hall–Kier alpha value is -3.25. The summed E-state index contributed by atoms with van der Waals surface area (Å²) in [4.78, 5) is 12.4. The molecule has 0 fully saturated rings. The minimum absolute atomic E-state index is 0.0289. The van der Waals surface area contributed by atoms with Crippen LogP contribution in [0, 0.1) is 22.7 Å². The van der Waals surface area contributed by atoms with Gasteiger partial charge in [-0.15, -0.1) is 0 Å². The van der Waals surface area contributed by atoms with E-state index in [1.807, 2.05) is 12.1 Å². The SMILES string of the molecule is CCOC(=O)C1=C(C)OC(N)=C(C#N)C1c1cccc(CC#N)c1. The van der Waals surface area contributed by atoms with Crippen molar-refractivity contribution in [2.45, 2.75) is 26.2 Å². The summed E-state index contributed by atoms with van der Waals surface area (Å²) < 4.78 is 10.5. The molecule has 1 unspecified atom stereocenters. The van der Waals surface area contributed by atoms with E-state index >= 15 is 0 Å². The smallest absolute Gasteiger partial charge is 0.338 e. The van der Waals surface area contributed by atoms with Crippen molar-refractivity contribution in [1.82, 2.24) is 0 Å². The quantitative estimate of drug-likeness (QED) is 0.852. The molecule has 6 nitrogen and oxygen atoms in total. The normalized spacial score (nSPS) is 16.9. The third kappa shape index (κ3) is 3.23. The molecule has 1 aromatic rings. The highest BCUT2D eigenvalue weighted by atomic mass is 16.5. The van der Waals surface area contributed by atoms with Crippen molar-refractivity contribution >= 4 is 5.97 Å². The zero-order valence-corrected chi connectivity index (χ0v) is 13.5. The molecular formula is C18H17N3O3. The van der Waals surface area contributed by atoms with Gasteiger partial charge in [0.15, 0.2) is 0 Å². The average Bonchev–Trinajstić information content (AvgIpc) is 2.55. The van der Waals surface area contributed by atoms with Crippen molar-refractivity contribution in [2.75, 3.05) is 6.61 Å². The van der Waals surface area contributed by atoms with Gasteiger partial charge in [0, 0.05) is 0 Å². The van der Waals surface area contributed by atoms with Gasteiger partial charge in [0.2, 0.25) is 5.88 Å². The number of benzene rings is 1. The lowest BCUT2D eigenvalue weighted by atomic mass is 9.82. The molecular weight excluding hydrogens is 306 g/mol. The molecule has 0 radical (unpaired) electrons. The van der Waals surface area contributed by atoms with E-state index in [9.17, 15) is 10.1 Å². The molecule has 1 aliphatic heterocycles. The fourth-order valence-corrected chi connectivity index (χ4v) is 2.66. The molecule has 0 amide bonds. The Morgan fingerprint density at radius 1 is 1.42 bits per heavy atom. The molecule has 0 saturated heterocycles. The molecule has 1 heterocycles. The van der Waals surface area contributed by atoms with Gasteiger partial charge in [0.1, 0.15) is 17.4 Å². The zero-order valence-electron chi connectivity index (χ0n) is 13.5. The number of esters is 1. The van der Waals surface area contributed by atoms with Crippen molar-refractivity contribution in [2.24, 2.45) is 5.73 Å². The third-order valence-corrected chi connectivity index (χ3v) is 3.67. The lowest BCUT2D eigenvalue weighted by Gasteiger charge is -2.27. The van der Waals surface area contributed by atoms with Gasteiger partial charge < -0.3 is 15.2 Å². The predicted octanol–water partition coefficient (Wildman–Crippen LogP) is 2.40. The highest BCUT2D eigenvalue weighted by Crippen LogP contribution is 2.39. The standard InChI is InChI=1S/C18H17N3O3/c1-3-23-18(22)15-11(2)24-17(21)14(10-20)16(15)13-6-4-5-12(9-13)7-8-19/h4-6,9,16H,3,7,21H2,1-2H3. The van der Waals surface area contributed by atoms with Crippen LogP contribution in [0.3, 0.4) is 0 Å². The number of ether oxygens (including phenoxy) is 2. The Morgan fingerprint density at radius 2 is 2.17 bits per heavy atom. The molecule has 1 aliphatic rings. The number of nitriles is 2. The molecule has 0 bridgehead atoms. The van der Waals surface area contributed by atoms with Gasteiger partial charge in [-0.25, -0.2) is 4.79 Å². The van der Waals surface area contributed by atoms with Crippen LogP contribution < -0.4 is 5.73 Å². The molecule has 24 heavy (non-hydrogen) atoms. The molecule has 0 aliphatic carbocycles. The average molecular weight is 323 g/mol. The lowest BCUT2D eigenvalue weighted by Crippen LogP contribution is -2.25. The summed E-state index contributed by atoms with van der Waals surface area (Å²) in [6.45, 7) is 3.52. The van der Waals surface area contributed by atoms with Crippen molar-refractivity contribution < 1.29 is 14.3 Å². The van der Waals surface area contributed by atoms with E-state index < -0.39 is 11.9 Å². The maximum absolute atomic E-state index is 12.4. The Kier molecular flexibility index (Phi) is 5.23. The molecule has 2 rings (SSSR count). The van der Waals surface area contributed by atoms with Crippen LogP contribution in [0.2, 0.25) is 0 Å². The van der Waals surface area contributed by atoms with E-state index in [2.05, 4.69) is 6.07 Å². The maximum atomic E-state index is 12.4. The van der Waals surface area contributed by atoms with Crippen molar-refractivity contribution in [3.63, 3.8) is 0 Å². The highest BCUT2D eigenvalue weighted by Gasteiger charge is 2.36. The van der Waals surface area contributed by atoms with Crippen molar-refractivity contribution in [3.8, 4) is 12.1 Å². The number of allylic oxidation sites excluding steroid dienone is 2. The Bertz CT molecular complexity index is 810. The fraction of sp³-hybridized carbons (Fsp3) is 0.278. The first-order valence-corrected chi connectivity index (χ1v) is 7.44. The molecule has 0 spiro atoms. The predicted molar refractivity (Wildman–Crippen MR) is 85.7 cm³/mol. The first kappa shape index (κ1) is 17.1. The van der Waals surface area contributed by atoms with Gasteiger partial charge >= 0.3 is 5.97 Å². The van der Waals surface area contributed by atoms with Crippen LogP contribution in [0.15, 0.2) is 47.1 Å². The van der Waals surface area contributed by atoms with Gasteiger partial charge in [0.05, 0.1) is 30.6 Å². The van der Waals surface area contributed by atoms with Crippen LogP contribution in [0.5, 0.6) is 0 Å². The summed E-state index contributed by atoms with van der Waals surface area (Å²) in [6, 6.07) is 11.3. The molecule has 2 N–H and O–H groups in total. The first-order chi connectivity index (χ1) is 11.5. The Balaban J connectivity index is 2.61. The van der Waals surface area contributed by atoms with Gasteiger partial charge in [-0.1, -0.05) is 24.3 Å². The van der Waals surface area contributed by atoms with E-state index in [0.29, 0.717) is 11.3 Å². The number of carbonyl (C=O) groups excluding carboxylic acids is 1. The van der Waals surface area contributed by atoms with Crippen LogP contribution in [0.25, 0.3) is 0 Å². The highest BCUT2D eigenvalue weighted by molar-refractivity contribution is 5.92. The summed E-state index contributed by atoms with van der Waals surface area (Å²) in [6.07, 6.45) is 0.232. The minimum Gasteiger partial charge on any atom is -0.463 e. The zero-order chi connectivity index (χ0) is 17.7. The maximum Gasteiger partial charge on any atom is 0.338 e. The topological polar surface area (TPSA) is 109 Å².